The zero-order valence-electron chi connectivity index (χ0n) is 11.5. The Labute approximate surface area is 120 Å². The Kier molecular flexibility index (Phi) is 4.17. The van der Waals surface area contributed by atoms with Gasteiger partial charge in [-0.25, -0.2) is 9.78 Å². The molecule has 0 saturated carbocycles. The third kappa shape index (κ3) is 3.16. The van der Waals surface area contributed by atoms with Gasteiger partial charge in [0.05, 0.1) is 24.8 Å². The Hall–Kier alpha value is -2.90. The summed E-state index contributed by atoms with van der Waals surface area (Å²) < 4.78 is 9.76. The zero-order chi connectivity index (χ0) is 15.4. The van der Waals surface area contributed by atoms with Gasteiger partial charge >= 0.3 is 11.7 Å². The van der Waals surface area contributed by atoms with Crippen LogP contribution in [0.3, 0.4) is 0 Å². The number of nitrogens with zero attached hydrogens (tertiary/aromatic N) is 3. The fraction of sp³-hybridized carbons (Fsp3) is 0.231. The van der Waals surface area contributed by atoms with Crippen LogP contribution >= 0.6 is 0 Å². The van der Waals surface area contributed by atoms with E-state index in [1.165, 1.54) is 30.4 Å². The second-order valence-corrected chi connectivity index (χ2v) is 4.22. The lowest BCUT2D eigenvalue weighted by atomic mass is 10.3. The van der Waals surface area contributed by atoms with E-state index in [4.69, 9.17) is 4.42 Å². The van der Waals surface area contributed by atoms with Crippen LogP contribution in [0.4, 0.5) is 11.5 Å². The summed E-state index contributed by atoms with van der Waals surface area (Å²) >= 11 is 0. The minimum absolute atomic E-state index is 0.00407. The monoisotopic (exact) mass is 291 g/mol. The lowest BCUT2D eigenvalue weighted by Gasteiger charge is -2.17. The maximum Gasteiger partial charge on any atom is 0.356 e. The van der Waals surface area contributed by atoms with Crippen molar-refractivity contribution in [1.29, 1.82) is 0 Å². The predicted molar refractivity (Wildman–Crippen MR) is 73.0 cm³/mol. The molecule has 0 fully saturated rings. The highest BCUT2D eigenvalue weighted by Crippen LogP contribution is 2.26. The van der Waals surface area contributed by atoms with E-state index >= 15 is 0 Å². The predicted octanol–water partition coefficient (Wildman–Crippen LogP) is 2.01. The molecule has 21 heavy (non-hydrogen) atoms. The van der Waals surface area contributed by atoms with E-state index < -0.39 is 10.9 Å². The van der Waals surface area contributed by atoms with Gasteiger partial charge in [-0.1, -0.05) is 0 Å². The molecule has 8 nitrogen and oxygen atoms in total. The number of methoxy groups -OCH3 is 1. The van der Waals surface area contributed by atoms with Crippen molar-refractivity contribution in [2.45, 2.75) is 6.54 Å². The van der Waals surface area contributed by atoms with E-state index in [0.29, 0.717) is 5.76 Å². The van der Waals surface area contributed by atoms with Crippen molar-refractivity contribution in [3.63, 3.8) is 0 Å². The Morgan fingerprint density at radius 3 is 2.81 bits per heavy atom. The van der Waals surface area contributed by atoms with Crippen molar-refractivity contribution in [2.75, 3.05) is 19.1 Å². The van der Waals surface area contributed by atoms with Crippen molar-refractivity contribution in [2.24, 2.45) is 0 Å². The van der Waals surface area contributed by atoms with Gasteiger partial charge in [-0.3, -0.25) is 10.1 Å². The standard InChI is InChI=1S/C13H13N3O5/c1-15(8-9-4-3-7-21-9)12-11(16(18)19)6-5-10(14-12)13(17)20-2/h3-7H,8H2,1-2H3. The van der Waals surface area contributed by atoms with Crippen LogP contribution in [-0.2, 0) is 11.3 Å². The summed E-state index contributed by atoms with van der Waals surface area (Å²) in [5, 5.41) is 11.1. The van der Waals surface area contributed by atoms with Gasteiger partial charge in [-0.15, -0.1) is 0 Å². The quantitative estimate of drug-likeness (QED) is 0.472. The second kappa shape index (κ2) is 6.04. The molecule has 0 amide bonds. The number of nitro groups is 1. The van der Waals surface area contributed by atoms with Crippen molar-refractivity contribution in [3.05, 3.63) is 52.1 Å². The molecule has 0 N–H and O–H groups in total. The maximum absolute atomic E-state index is 11.5. The number of anilines is 1. The third-order valence-electron chi connectivity index (χ3n) is 2.78. The number of ether oxygens (including phenoxy) is 1. The first-order valence-corrected chi connectivity index (χ1v) is 6.00. The first-order chi connectivity index (χ1) is 10.0. The number of esters is 1. The summed E-state index contributed by atoms with van der Waals surface area (Å²) in [6.07, 6.45) is 1.51. The van der Waals surface area contributed by atoms with Gasteiger partial charge in [0.25, 0.3) is 0 Å². The van der Waals surface area contributed by atoms with Crippen LogP contribution in [-0.4, -0.2) is 30.0 Å². The van der Waals surface area contributed by atoms with E-state index in [2.05, 4.69) is 9.72 Å². The van der Waals surface area contributed by atoms with Gasteiger partial charge in [-0.05, 0) is 18.2 Å². The van der Waals surface area contributed by atoms with E-state index in [-0.39, 0.29) is 23.7 Å². The Bertz CT molecular complexity index is 654. The maximum atomic E-state index is 11.5. The van der Waals surface area contributed by atoms with Gasteiger partial charge in [0.1, 0.15) is 5.76 Å². The summed E-state index contributed by atoms with van der Waals surface area (Å²) in [4.78, 5) is 27.6. The molecule has 2 heterocycles. The zero-order valence-corrected chi connectivity index (χ0v) is 11.5. The van der Waals surface area contributed by atoms with E-state index in [9.17, 15) is 14.9 Å². The average Bonchev–Trinajstić information content (AvgIpc) is 2.98. The fourth-order valence-electron chi connectivity index (χ4n) is 1.79. The van der Waals surface area contributed by atoms with Gasteiger partial charge in [-0.2, -0.15) is 0 Å². The lowest BCUT2D eigenvalue weighted by Crippen LogP contribution is -2.20. The van der Waals surface area contributed by atoms with Crippen molar-refractivity contribution in [1.82, 2.24) is 4.98 Å². The van der Waals surface area contributed by atoms with Crippen molar-refractivity contribution < 1.29 is 18.9 Å². The molecule has 0 saturated heterocycles. The molecule has 0 unspecified atom stereocenters. The van der Waals surface area contributed by atoms with Gasteiger partial charge in [0.2, 0.25) is 5.82 Å². The summed E-state index contributed by atoms with van der Waals surface area (Å²) in [5.74, 6) is 0.0360. The van der Waals surface area contributed by atoms with Crippen LogP contribution in [0.5, 0.6) is 0 Å². The number of hydrogen-bond acceptors (Lipinski definition) is 7. The highest BCUT2D eigenvalue weighted by atomic mass is 16.6. The van der Waals surface area contributed by atoms with Gasteiger partial charge in [0, 0.05) is 13.1 Å². The van der Waals surface area contributed by atoms with Crippen LogP contribution in [0.1, 0.15) is 16.2 Å². The first kappa shape index (κ1) is 14.5. The number of pyridine rings is 1. The molecule has 0 spiro atoms. The Morgan fingerprint density at radius 1 is 1.48 bits per heavy atom. The summed E-state index contributed by atoms with van der Waals surface area (Å²) in [6, 6.07) is 5.95. The minimum atomic E-state index is -0.655. The first-order valence-electron chi connectivity index (χ1n) is 6.00. The molecule has 0 aliphatic heterocycles. The SMILES string of the molecule is COC(=O)c1ccc([N+](=O)[O-])c(N(C)Cc2ccco2)n1. The fourth-order valence-corrected chi connectivity index (χ4v) is 1.79. The highest BCUT2D eigenvalue weighted by molar-refractivity contribution is 5.88. The minimum Gasteiger partial charge on any atom is -0.467 e. The second-order valence-electron chi connectivity index (χ2n) is 4.22. The molecular weight excluding hydrogens is 278 g/mol. The topological polar surface area (TPSA) is 98.7 Å². The molecule has 0 aromatic carbocycles. The molecule has 0 radical (unpaired) electrons. The molecule has 110 valence electrons. The van der Waals surface area contributed by atoms with Crippen LogP contribution < -0.4 is 4.90 Å². The Balaban J connectivity index is 2.37. The molecule has 0 aliphatic rings. The van der Waals surface area contributed by atoms with E-state index in [1.807, 2.05) is 0 Å². The number of carbonyl (C=O) groups excluding carboxylic acids is 1. The van der Waals surface area contributed by atoms with Gasteiger partial charge < -0.3 is 14.1 Å². The van der Waals surface area contributed by atoms with E-state index in [0.717, 1.165) is 0 Å². The number of hydrogen-bond donors (Lipinski definition) is 0. The molecule has 8 heteroatoms. The number of carbonyl (C=O) groups is 1. The number of rotatable bonds is 5. The number of aromatic nitrogens is 1. The lowest BCUT2D eigenvalue weighted by molar-refractivity contribution is -0.384. The molecule has 2 aromatic heterocycles. The number of furan rings is 1. The molecule has 0 aliphatic carbocycles. The highest BCUT2D eigenvalue weighted by Gasteiger charge is 2.22. The van der Waals surface area contributed by atoms with Crippen LogP contribution in [0.25, 0.3) is 0 Å². The van der Waals surface area contributed by atoms with Crippen LogP contribution in [0.2, 0.25) is 0 Å². The third-order valence-corrected chi connectivity index (χ3v) is 2.78. The molecule has 2 aromatic rings. The molecule has 2 rings (SSSR count). The van der Waals surface area contributed by atoms with Crippen molar-refractivity contribution in [3.8, 4) is 0 Å². The molecular formula is C13H13N3O5. The molecule has 0 bridgehead atoms. The smallest absolute Gasteiger partial charge is 0.356 e. The van der Waals surface area contributed by atoms with Crippen molar-refractivity contribution >= 4 is 17.5 Å². The van der Waals surface area contributed by atoms with Gasteiger partial charge in [0.15, 0.2) is 5.69 Å². The average molecular weight is 291 g/mol. The summed E-state index contributed by atoms with van der Waals surface area (Å²) in [5.41, 5.74) is -0.193. The summed E-state index contributed by atoms with van der Waals surface area (Å²) in [6.45, 7) is 0.283. The van der Waals surface area contributed by atoms with Crippen LogP contribution in [0, 0.1) is 10.1 Å². The summed E-state index contributed by atoms with van der Waals surface area (Å²) in [7, 11) is 2.84. The van der Waals surface area contributed by atoms with Crippen LogP contribution in [0.15, 0.2) is 34.9 Å². The molecule has 0 atom stereocenters. The largest absolute Gasteiger partial charge is 0.467 e. The Morgan fingerprint density at radius 2 is 2.24 bits per heavy atom. The normalized spacial score (nSPS) is 10.2. The van der Waals surface area contributed by atoms with E-state index in [1.54, 1.807) is 19.2 Å².